The molecule has 1 saturated heterocycles. The number of hydrogen-bond donors (Lipinski definition) is 1. The molecule has 2 fully saturated rings. The normalized spacial score (nSPS) is 33.5. The molecular weight excluding hydrogens is 260 g/mol. The van der Waals surface area contributed by atoms with Crippen molar-refractivity contribution in [3.05, 3.63) is 0 Å². The highest BCUT2D eigenvalue weighted by atomic mass is 32.2. The molecule has 1 aliphatic heterocycles. The summed E-state index contributed by atoms with van der Waals surface area (Å²) in [6.07, 6.45) is 7.37. The van der Waals surface area contributed by atoms with E-state index in [1.54, 1.807) is 0 Å². The van der Waals surface area contributed by atoms with Gasteiger partial charge in [-0.3, -0.25) is 0 Å². The van der Waals surface area contributed by atoms with Crippen LogP contribution in [0.2, 0.25) is 0 Å². The summed E-state index contributed by atoms with van der Waals surface area (Å²) >= 11 is 0. The van der Waals surface area contributed by atoms with E-state index in [9.17, 15) is 8.42 Å². The van der Waals surface area contributed by atoms with Gasteiger partial charge in [0, 0.05) is 19.1 Å². The third-order valence-electron chi connectivity index (χ3n) is 4.67. The van der Waals surface area contributed by atoms with Crippen LogP contribution in [-0.2, 0) is 9.84 Å². The molecule has 2 rings (SSSR count). The molecule has 0 aromatic heterocycles. The van der Waals surface area contributed by atoms with Crippen LogP contribution in [0.25, 0.3) is 0 Å². The largest absolute Gasteiger partial charge is 0.317 e. The highest BCUT2D eigenvalue weighted by Gasteiger charge is 2.26. The molecule has 1 aliphatic carbocycles. The minimum absolute atomic E-state index is 0.351. The highest BCUT2D eigenvalue weighted by Crippen LogP contribution is 2.24. The predicted octanol–water partition coefficient (Wildman–Crippen LogP) is 1.28. The SMILES string of the molecule is CNC1CCCCCC1CN1CCCS(=O)(=O)CC1. The fourth-order valence-electron chi connectivity index (χ4n) is 3.49. The molecule has 0 aromatic rings. The van der Waals surface area contributed by atoms with Crippen molar-refractivity contribution in [3.8, 4) is 0 Å². The van der Waals surface area contributed by atoms with Crippen molar-refractivity contribution >= 4 is 9.84 Å². The quantitative estimate of drug-likeness (QED) is 0.795. The van der Waals surface area contributed by atoms with E-state index in [1.165, 1.54) is 32.1 Å². The van der Waals surface area contributed by atoms with Crippen LogP contribution < -0.4 is 5.32 Å². The van der Waals surface area contributed by atoms with Crippen LogP contribution in [0, 0.1) is 5.92 Å². The van der Waals surface area contributed by atoms with Gasteiger partial charge in [0.1, 0.15) is 0 Å². The molecule has 0 bridgehead atoms. The van der Waals surface area contributed by atoms with Crippen molar-refractivity contribution in [2.75, 3.05) is 38.2 Å². The number of nitrogens with zero attached hydrogens (tertiary/aromatic N) is 1. The van der Waals surface area contributed by atoms with E-state index in [1.807, 2.05) is 0 Å². The molecule has 2 unspecified atom stereocenters. The Morgan fingerprint density at radius 2 is 1.84 bits per heavy atom. The third-order valence-corrected chi connectivity index (χ3v) is 6.39. The first-order chi connectivity index (χ1) is 9.11. The maximum absolute atomic E-state index is 11.6. The van der Waals surface area contributed by atoms with Gasteiger partial charge < -0.3 is 10.2 Å². The van der Waals surface area contributed by atoms with E-state index in [0.29, 0.717) is 23.5 Å². The van der Waals surface area contributed by atoms with Crippen molar-refractivity contribution < 1.29 is 8.42 Å². The van der Waals surface area contributed by atoms with Crippen molar-refractivity contribution in [1.29, 1.82) is 0 Å². The second-order valence-corrected chi connectivity index (χ2v) is 8.40. The molecular formula is C14H28N2O2S. The van der Waals surface area contributed by atoms with Gasteiger partial charge >= 0.3 is 0 Å². The van der Waals surface area contributed by atoms with Gasteiger partial charge in [0.15, 0.2) is 9.84 Å². The maximum Gasteiger partial charge on any atom is 0.151 e. The Bertz CT molecular complexity index is 370. The minimum Gasteiger partial charge on any atom is -0.317 e. The number of rotatable bonds is 3. The first-order valence-electron chi connectivity index (χ1n) is 7.71. The zero-order valence-corrected chi connectivity index (χ0v) is 12.9. The maximum atomic E-state index is 11.6. The average molecular weight is 288 g/mol. The predicted molar refractivity (Wildman–Crippen MR) is 79.1 cm³/mol. The van der Waals surface area contributed by atoms with Gasteiger partial charge in [-0.2, -0.15) is 0 Å². The highest BCUT2D eigenvalue weighted by molar-refractivity contribution is 7.91. The summed E-state index contributed by atoms with van der Waals surface area (Å²) in [6.45, 7) is 2.75. The summed E-state index contributed by atoms with van der Waals surface area (Å²) in [5.41, 5.74) is 0. The fraction of sp³-hybridized carbons (Fsp3) is 1.00. The van der Waals surface area contributed by atoms with Gasteiger partial charge in [-0.25, -0.2) is 8.42 Å². The van der Waals surface area contributed by atoms with E-state index in [0.717, 1.165) is 26.1 Å². The number of sulfone groups is 1. The van der Waals surface area contributed by atoms with Gasteiger partial charge in [0.25, 0.3) is 0 Å². The summed E-state index contributed by atoms with van der Waals surface area (Å²) in [7, 11) is -0.711. The molecule has 1 heterocycles. The summed E-state index contributed by atoms with van der Waals surface area (Å²) in [4.78, 5) is 2.38. The zero-order chi connectivity index (χ0) is 13.7. The second-order valence-electron chi connectivity index (χ2n) is 6.10. The molecule has 4 nitrogen and oxygen atoms in total. The Morgan fingerprint density at radius 3 is 2.63 bits per heavy atom. The lowest BCUT2D eigenvalue weighted by Crippen LogP contribution is -2.41. The van der Waals surface area contributed by atoms with Crippen LogP contribution in [0.5, 0.6) is 0 Å². The molecule has 0 amide bonds. The second kappa shape index (κ2) is 7.04. The number of nitrogens with one attached hydrogen (secondary N) is 1. The van der Waals surface area contributed by atoms with E-state index in [-0.39, 0.29) is 0 Å². The van der Waals surface area contributed by atoms with Gasteiger partial charge in [-0.05, 0) is 38.8 Å². The first kappa shape index (κ1) is 15.3. The zero-order valence-electron chi connectivity index (χ0n) is 12.1. The smallest absolute Gasteiger partial charge is 0.151 e. The monoisotopic (exact) mass is 288 g/mol. The summed E-state index contributed by atoms with van der Waals surface area (Å²) in [5, 5.41) is 3.47. The lowest BCUT2D eigenvalue weighted by Gasteiger charge is -2.30. The van der Waals surface area contributed by atoms with E-state index in [2.05, 4.69) is 17.3 Å². The molecule has 0 radical (unpaired) electrons. The molecule has 2 atom stereocenters. The molecule has 112 valence electrons. The van der Waals surface area contributed by atoms with Crippen molar-refractivity contribution in [2.24, 2.45) is 5.92 Å². The lowest BCUT2D eigenvalue weighted by atomic mass is 9.94. The van der Waals surface area contributed by atoms with Crippen molar-refractivity contribution in [1.82, 2.24) is 10.2 Å². The van der Waals surface area contributed by atoms with Crippen LogP contribution in [0.1, 0.15) is 38.5 Å². The molecule has 0 aromatic carbocycles. The van der Waals surface area contributed by atoms with Crippen molar-refractivity contribution in [3.63, 3.8) is 0 Å². The van der Waals surface area contributed by atoms with Gasteiger partial charge in [0.05, 0.1) is 11.5 Å². The van der Waals surface area contributed by atoms with E-state index >= 15 is 0 Å². The Labute approximate surface area is 117 Å². The van der Waals surface area contributed by atoms with Gasteiger partial charge in [0.2, 0.25) is 0 Å². The Balaban J connectivity index is 1.91. The summed E-state index contributed by atoms with van der Waals surface area (Å²) < 4.78 is 23.3. The lowest BCUT2D eigenvalue weighted by molar-refractivity contribution is 0.208. The van der Waals surface area contributed by atoms with Crippen LogP contribution in [0.15, 0.2) is 0 Å². The first-order valence-corrected chi connectivity index (χ1v) is 9.53. The van der Waals surface area contributed by atoms with Gasteiger partial charge in [-0.15, -0.1) is 0 Å². The molecule has 1 saturated carbocycles. The molecule has 5 heteroatoms. The van der Waals surface area contributed by atoms with E-state index in [4.69, 9.17) is 0 Å². The molecule has 19 heavy (non-hydrogen) atoms. The molecule has 0 spiro atoms. The van der Waals surface area contributed by atoms with Crippen LogP contribution in [-0.4, -0.2) is 57.5 Å². The minimum atomic E-state index is -2.78. The Kier molecular flexibility index (Phi) is 5.66. The summed E-state index contributed by atoms with van der Waals surface area (Å²) in [5.74, 6) is 1.42. The van der Waals surface area contributed by atoms with Crippen LogP contribution >= 0.6 is 0 Å². The van der Waals surface area contributed by atoms with Gasteiger partial charge in [-0.1, -0.05) is 19.3 Å². The average Bonchev–Trinajstić information content (AvgIpc) is 2.69. The van der Waals surface area contributed by atoms with E-state index < -0.39 is 9.84 Å². The standard InChI is InChI=1S/C14H28N2O2S/c1-15-14-7-4-2-3-6-13(14)12-16-8-5-10-19(17,18)11-9-16/h13-15H,2-12H2,1H3. The Morgan fingerprint density at radius 1 is 1.05 bits per heavy atom. The van der Waals surface area contributed by atoms with Crippen LogP contribution in [0.4, 0.5) is 0 Å². The van der Waals surface area contributed by atoms with Crippen LogP contribution in [0.3, 0.4) is 0 Å². The third kappa shape index (κ3) is 4.72. The van der Waals surface area contributed by atoms with Crippen molar-refractivity contribution in [2.45, 2.75) is 44.6 Å². The number of hydrogen-bond acceptors (Lipinski definition) is 4. The molecule has 1 N–H and O–H groups in total. The topological polar surface area (TPSA) is 49.4 Å². The Hall–Kier alpha value is -0.130. The molecule has 2 aliphatic rings. The summed E-state index contributed by atoms with van der Waals surface area (Å²) in [6, 6.07) is 0.613. The fourth-order valence-corrected chi connectivity index (χ4v) is 4.80.